The molecule has 0 aliphatic carbocycles. The van der Waals surface area contributed by atoms with Gasteiger partial charge in [-0.1, -0.05) is 35.3 Å². The van der Waals surface area contributed by atoms with E-state index in [1.54, 1.807) is 36.4 Å². The van der Waals surface area contributed by atoms with E-state index < -0.39 is 12.0 Å². The number of fused-ring (bicyclic) bond motifs is 1. The van der Waals surface area contributed by atoms with Gasteiger partial charge < -0.3 is 5.32 Å². The van der Waals surface area contributed by atoms with E-state index in [2.05, 4.69) is 27.9 Å². The Kier molecular flexibility index (Phi) is 5.01. The van der Waals surface area contributed by atoms with Gasteiger partial charge in [-0.15, -0.1) is 0 Å². The van der Waals surface area contributed by atoms with Crippen LogP contribution in [0.2, 0.25) is 10.0 Å². The lowest BCUT2D eigenvalue weighted by molar-refractivity contribution is 0.0975. The van der Waals surface area contributed by atoms with Gasteiger partial charge in [0.15, 0.2) is 0 Å². The number of carbonyl (C=O) groups is 1. The molecule has 0 fully saturated rings. The van der Waals surface area contributed by atoms with Gasteiger partial charge in [0.05, 0.1) is 5.56 Å². The molecule has 0 saturated heterocycles. The highest BCUT2D eigenvalue weighted by molar-refractivity contribution is 14.1. The highest BCUT2D eigenvalue weighted by Crippen LogP contribution is 2.39. The number of nitrogens with one attached hydrogen (secondary N) is 1. The molecule has 1 N–H and O–H groups in total. The minimum Gasteiger partial charge on any atom is -0.360 e. The maximum absolute atomic E-state index is 13.9. The molecule has 1 aliphatic heterocycles. The van der Waals surface area contributed by atoms with Crippen molar-refractivity contribution >= 4 is 63.1 Å². The van der Waals surface area contributed by atoms with E-state index in [4.69, 9.17) is 23.2 Å². The predicted octanol–water partition coefficient (Wildman–Crippen LogP) is 6.51. The summed E-state index contributed by atoms with van der Waals surface area (Å²) >= 11 is 14.6. The third-order valence-corrected chi connectivity index (χ3v) is 5.56. The van der Waals surface area contributed by atoms with Crippen LogP contribution in [0.3, 0.4) is 0 Å². The predicted molar refractivity (Wildman–Crippen MR) is 115 cm³/mol. The third-order valence-electron chi connectivity index (χ3n) is 4.32. The fraction of sp³-hybridized carbons (Fsp3) is 0.0500. The summed E-state index contributed by atoms with van der Waals surface area (Å²) in [7, 11) is 0. The fourth-order valence-electron chi connectivity index (χ4n) is 3.11. The van der Waals surface area contributed by atoms with Gasteiger partial charge in [0.2, 0.25) is 0 Å². The van der Waals surface area contributed by atoms with Gasteiger partial charge >= 0.3 is 0 Å². The molecule has 1 aliphatic rings. The second-order valence-electron chi connectivity index (χ2n) is 6.06. The number of hydrogen-bond acceptors (Lipinski definition) is 2. The summed E-state index contributed by atoms with van der Waals surface area (Å²) in [6, 6.07) is 16.6. The zero-order chi connectivity index (χ0) is 19.1. The molecule has 1 atom stereocenters. The summed E-state index contributed by atoms with van der Waals surface area (Å²) in [6.07, 6.45) is -0.600. The highest BCUT2D eigenvalue weighted by atomic mass is 127. The van der Waals surface area contributed by atoms with Gasteiger partial charge in [0.1, 0.15) is 12.0 Å². The Hall–Kier alpha value is -1.83. The molecule has 0 aromatic heterocycles. The lowest BCUT2D eigenvalue weighted by Crippen LogP contribution is -2.43. The number of carbonyl (C=O) groups excluding carboxylic acids is 1. The summed E-state index contributed by atoms with van der Waals surface area (Å²) in [5.74, 6) is -0.654. The van der Waals surface area contributed by atoms with Crippen LogP contribution in [-0.2, 0) is 0 Å². The molecular weight excluding hydrogens is 501 g/mol. The lowest BCUT2D eigenvalue weighted by Gasteiger charge is -2.38. The molecule has 27 heavy (non-hydrogen) atoms. The van der Waals surface area contributed by atoms with Crippen LogP contribution in [0, 0.1) is 9.39 Å². The van der Waals surface area contributed by atoms with Crippen LogP contribution >= 0.6 is 45.8 Å². The van der Waals surface area contributed by atoms with Crippen molar-refractivity contribution < 1.29 is 9.18 Å². The maximum Gasteiger partial charge on any atom is 0.262 e. The van der Waals surface area contributed by atoms with E-state index in [1.807, 2.05) is 12.1 Å². The van der Waals surface area contributed by atoms with Crippen molar-refractivity contribution in [1.29, 1.82) is 0 Å². The zero-order valence-electron chi connectivity index (χ0n) is 13.7. The average molecular weight is 513 g/mol. The second-order valence-corrected chi connectivity index (χ2v) is 8.15. The van der Waals surface area contributed by atoms with Crippen molar-refractivity contribution in [3.63, 3.8) is 0 Å². The SMILES string of the molecule is O=C1c2cc(I)ccc2NC(c2ccc(Cl)cc2Cl)N1c1cccc(F)c1. The van der Waals surface area contributed by atoms with Gasteiger partial charge in [-0.05, 0) is 71.1 Å². The Balaban J connectivity index is 1.91. The maximum atomic E-state index is 13.9. The minimum absolute atomic E-state index is 0.233. The Morgan fingerprint density at radius 2 is 1.85 bits per heavy atom. The first-order chi connectivity index (χ1) is 12.9. The van der Waals surface area contributed by atoms with E-state index in [1.165, 1.54) is 17.0 Å². The van der Waals surface area contributed by atoms with Gasteiger partial charge in [0, 0.05) is 30.6 Å². The van der Waals surface area contributed by atoms with Crippen molar-refractivity contribution in [1.82, 2.24) is 0 Å². The molecule has 3 aromatic rings. The smallest absolute Gasteiger partial charge is 0.262 e. The van der Waals surface area contributed by atoms with Crippen LogP contribution in [0.1, 0.15) is 22.1 Å². The molecule has 136 valence electrons. The first-order valence-corrected chi connectivity index (χ1v) is 9.87. The first kappa shape index (κ1) is 18.5. The quantitative estimate of drug-likeness (QED) is 0.397. The molecule has 7 heteroatoms. The summed E-state index contributed by atoms with van der Waals surface area (Å²) in [5, 5.41) is 4.27. The number of anilines is 2. The Morgan fingerprint density at radius 1 is 1.04 bits per heavy atom. The van der Waals surface area contributed by atoms with E-state index in [0.717, 1.165) is 3.57 Å². The minimum atomic E-state index is -0.600. The van der Waals surface area contributed by atoms with E-state index in [9.17, 15) is 9.18 Å². The normalized spacial score (nSPS) is 16.1. The van der Waals surface area contributed by atoms with Crippen molar-refractivity contribution in [2.24, 2.45) is 0 Å². The standard InChI is InChI=1S/C20H12Cl2FIN2O/c21-11-4-6-15(17(22)8-11)19-25-18-7-5-13(24)10-16(18)20(27)26(19)14-3-1-2-12(23)9-14/h1-10,19,25H. The molecule has 3 aromatic carbocycles. The summed E-state index contributed by atoms with van der Waals surface area (Å²) in [6.45, 7) is 0. The Morgan fingerprint density at radius 3 is 2.59 bits per heavy atom. The highest BCUT2D eigenvalue weighted by Gasteiger charge is 2.35. The zero-order valence-corrected chi connectivity index (χ0v) is 17.4. The van der Waals surface area contributed by atoms with Gasteiger partial charge in [0.25, 0.3) is 5.91 Å². The van der Waals surface area contributed by atoms with Gasteiger partial charge in [-0.3, -0.25) is 9.69 Å². The molecule has 0 spiro atoms. The van der Waals surface area contributed by atoms with Crippen LogP contribution in [0.15, 0.2) is 60.7 Å². The van der Waals surface area contributed by atoms with Gasteiger partial charge in [-0.25, -0.2) is 4.39 Å². The van der Waals surface area contributed by atoms with Crippen LogP contribution in [0.4, 0.5) is 15.8 Å². The summed E-state index contributed by atoms with van der Waals surface area (Å²) in [4.78, 5) is 14.8. The molecule has 1 amide bonds. The number of nitrogens with zero attached hydrogens (tertiary/aromatic N) is 1. The van der Waals surface area contributed by atoms with Crippen LogP contribution in [0.5, 0.6) is 0 Å². The van der Waals surface area contributed by atoms with Crippen molar-refractivity contribution in [3.8, 4) is 0 Å². The number of rotatable bonds is 2. The molecular formula is C20H12Cl2FIN2O. The third kappa shape index (κ3) is 3.51. The number of hydrogen-bond donors (Lipinski definition) is 1. The van der Waals surface area contributed by atoms with Crippen LogP contribution in [0.25, 0.3) is 0 Å². The van der Waals surface area contributed by atoms with Crippen molar-refractivity contribution in [3.05, 3.63) is 91.2 Å². The summed E-state index contributed by atoms with van der Waals surface area (Å²) in [5.41, 5.74) is 2.33. The number of benzene rings is 3. The first-order valence-electron chi connectivity index (χ1n) is 8.04. The Labute approximate surface area is 179 Å². The molecule has 0 bridgehead atoms. The van der Waals surface area contributed by atoms with Crippen LogP contribution in [-0.4, -0.2) is 5.91 Å². The monoisotopic (exact) mass is 512 g/mol. The number of amides is 1. The molecule has 4 rings (SSSR count). The van der Waals surface area contributed by atoms with Crippen molar-refractivity contribution in [2.75, 3.05) is 10.2 Å². The van der Waals surface area contributed by atoms with E-state index in [-0.39, 0.29) is 5.91 Å². The molecule has 1 unspecified atom stereocenters. The fourth-order valence-corrected chi connectivity index (χ4v) is 4.11. The average Bonchev–Trinajstić information content (AvgIpc) is 2.62. The largest absolute Gasteiger partial charge is 0.360 e. The topological polar surface area (TPSA) is 32.3 Å². The second kappa shape index (κ2) is 7.30. The van der Waals surface area contributed by atoms with Crippen LogP contribution < -0.4 is 10.2 Å². The molecule has 3 nitrogen and oxygen atoms in total. The summed E-state index contributed by atoms with van der Waals surface area (Å²) < 4.78 is 14.8. The molecule has 0 radical (unpaired) electrons. The molecule has 1 heterocycles. The van der Waals surface area contributed by atoms with Crippen molar-refractivity contribution in [2.45, 2.75) is 6.17 Å². The lowest BCUT2D eigenvalue weighted by atomic mass is 10.0. The van der Waals surface area contributed by atoms with E-state index in [0.29, 0.717) is 32.5 Å². The number of halogens is 4. The molecule has 0 saturated carbocycles. The van der Waals surface area contributed by atoms with Gasteiger partial charge in [-0.2, -0.15) is 0 Å². The van der Waals surface area contributed by atoms with E-state index >= 15 is 0 Å². The Bertz CT molecular complexity index is 1060.